The highest BCUT2D eigenvalue weighted by Crippen LogP contribution is 2.29. The maximum atomic E-state index is 11.3. The lowest BCUT2D eigenvalue weighted by molar-refractivity contribution is -0.383. The molecule has 1 heterocycles. The van der Waals surface area contributed by atoms with E-state index in [1.165, 1.54) is 6.33 Å². The minimum atomic E-state index is -0.512. The van der Waals surface area contributed by atoms with E-state index in [0.717, 1.165) is 11.3 Å². The Morgan fingerprint density at radius 3 is 2.48 bits per heavy atom. The average molecular weight is 315 g/mol. The molecule has 0 spiro atoms. The molecule has 1 aromatic heterocycles. The highest BCUT2D eigenvalue weighted by atomic mass is 16.6. The van der Waals surface area contributed by atoms with Crippen LogP contribution in [0.3, 0.4) is 0 Å². The molecule has 0 aliphatic heterocycles. The second kappa shape index (κ2) is 7.74. The summed E-state index contributed by atoms with van der Waals surface area (Å²) in [5.41, 5.74) is 0.752. The maximum absolute atomic E-state index is 11.3. The first-order valence-electron chi connectivity index (χ1n) is 6.86. The number of anilines is 2. The highest BCUT2D eigenvalue weighted by Gasteiger charge is 2.22. The third-order valence-electron chi connectivity index (χ3n) is 3.04. The maximum Gasteiger partial charge on any atom is 0.353 e. The van der Waals surface area contributed by atoms with Crippen LogP contribution in [0.1, 0.15) is 5.56 Å². The Hall–Kier alpha value is -3.16. The summed E-state index contributed by atoms with van der Waals surface area (Å²) in [5, 5.41) is 17.1. The van der Waals surface area contributed by atoms with Gasteiger partial charge in [-0.15, -0.1) is 6.58 Å². The van der Waals surface area contributed by atoms with Gasteiger partial charge in [0.25, 0.3) is 0 Å². The number of nitrogens with zero attached hydrogens (tertiary/aromatic N) is 3. The van der Waals surface area contributed by atoms with Crippen molar-refractivity contribution < 1.29 is 9.66 Å². The first kappa shape index (κ1) is 16.2. The van der Waals surface area contributed by atoms with Gasteiger partial charge in [0, 0.05) is 13.1 Å². The van der Waals surface area contributed by atoms with Crippen LogP contribution in [0.5, 0.6) is 5.75 Å². The Balaban J connectivity index is 2.17. The summed E-state index contributed by atoms with van der Waals surface area (Å²) in [6.45, 7) is 4.32. The van der Waals surface area contributed by atoms with Crippen LogP contribution in [0, 0.1) is 10.1 Å². The normalized spacial score (nSPS) is 9.96. The Morgan fingerprint density at radius 1 is 1.26 bits per heavy atom. The quantitative estimate of drug-likeness (QED) is 0.438. The van der Waals surface area contributed by atoms with E-state index in [-0.39, 0.29) is 17.3 Å². The van der Waals surface area contributed by atoms with E-state index < -0.39 is 4.92 Å². The van der Waals surface area contributed by atoms with Gasteiger partial charge in [-0.1, -0.05) is 18.2 Å². The second-order valence-corrected chi connectivity index (χ2v) is 4.55. The van der Waals surface area contributed by atoms with Crippen molar-refractivity contribution in [2.75, 3.05) is 24.3 Å². The molecule has 0 aliphatic carbocycles. The molecule has 23 heavy (non-hydrogen) atoms. The molecule has 0 radical (unpaired) electrons. The second-order valence-electron chi connectivity index (χ2n) is 4.55. The van der Waals surface area contributed by atoms with Gasteiger partial charge in [0.05, 0.1) is 12.0 Å². The number of methoxy groups -OCH3 is 1. The Kier molecular flexibility index (Phi) is 5.45. The van der Waals surface area contributed by atoms with E-state index >= 15 is 0 Å². The van der Waals surface area contributed by atoms with Crippen molar-refractivity contribution in [1.29, 1.82) is 0 Å². The molecular formula is C15H17N5O3. The van der Waals surface area contributed by atoms with Crippen LogP contribution in [-0.4, -0.2) is 28.5 Å². The van der Waals surface area contributed by atoms with Crippen molar-refractivity contribution in [3.05, 3.63) is 58.9 Å². The molecule has 0 fully saturated rings. The van der Waals surface area contributed by atoms with E-state index in [1.807, 2.05) is 24.3 Å². The third-order valence-corrected chi connectivity index (χ3v) is 3.04. The summed E-state index contributed by atoms with van der Waals surface area (Å²) >= 11 is 0. The van der Waals surface area contributed by atoms with Gasteiger partial charge >= 0.3 is 5.69 Å². The molecule has 1 aromatic carbocycles. The van der Waals surface area contributed by atoms with Crippen molar-refractivity contribution in [2.45, 2.75) is 6.54 Å². The fourth-order valence-corrected chi connectivity index (χ4v) is 1.91. The van der Waals surface area contributed by atoms with Crippen LogP contribution < -0.4 is 15.4 Å². The highest BCUT2D eigenvalue weighted by molar-refractivity contribution is 5.69. The lowest BCUT2D eigenvalue weighted by Gasteiger charge is -2.09. The Bertz CT molecular complexity index is 688. The minimum Gasteiger partial charge on any atom is -0.497 e. The number of rotatable bonds is 8. The van der Waals surface area contributed by atoms with Crippen LogP contribution >= 0.6 is 0 Å². The zero-order valence-corrected chi connectivity index (χ0v) is 12.7. The number of nitro groups is 1. The molecule has 0 atom stereocenters. The zero-order valence-electron chi connectivity index (χ0n) is 12.7. The molecule has 2 rings (SSSR count). The topological polar surface area (TPSA) is 102 Å². The van der Waals surface area contributed by atoms with Crippen LogP contribution in [0.4, 0.5) is 17.3 Å². The van der Waals surface area contributed by atoms with Crippen molar-refractivity contribution in [3.63, 3.8) is 0 Å². The summed E-state index contributed by atoms with van der Waals surface area (Å²) in [6.07, 6.45) is 2.87. The van der Waals surface area contributed by atoms with Crippen LogP contribution in [-0.2, 0) is 6.54 Å². The van der Waals surface area contributed by atoms with Gasteiger partial charge in [-0.2, -0.15) is 0 Å². The largest absolute Gasteiger partial charge is 0.497 e. The number of nitrogens with one attached hydrogen (secondary N) is 2. The molecule has 0 saturated carbocycles. The lowest BCUT2D eigenvalue weighted by atomic mass is 10.2. The van der Waals surface area contributed by atoms with Crippen molar-refractivity contribution in [3.8, 4) is 5.75 Å². The molecule has 0 aliphatic rings. The van der Waals surface area contributed by atoms with Crippen molar-refractivity contribution in [2.24, 2.45) is 0 Å². The fraction of sp³-hybridized carbons (Fsp3) is 0.200. The predicted octanol–water partition coefficient (Wildman–Crippen LogP) is 2.60. The van der Waals surface area contributed by atoms with Gasteiger partial charge in [0.1, 0.15) is 12.1 Å². The monoisotopic (exact) mass is 315 g/mol. The molecule has 2 N–H and O–H groups in total. The summed E-state index contributed by atoms with van der Waals surface area (Å²) in [4.78, 5) is 18.7. The molecule has 0 unspecified atom stereocenters. The van der Waals surface area contributed by atoms with Gasteiger partial charge in [-0.3, -0.25) is 10.1 Å². The van der Waals surface area contributed by atoms with Gasteiger partial charge in [-0.05, 0) is 17.7 Å². The molecule has 2 aromatic rings. The van der Waals surface area contributed by atoms with Crippen molar-refractivity contribution >= 4 is 17.3 Å². The summed E-state index contributed by atoms with van der Waals surface area (Å²) in [7, 11) is 1.59. The summed E-state index contributed by atoms with van der Waals surface area (Å²) < 4.78 is 5.09. The summed E-state index contributed by atoms with van der Waals surface area (Å²) in [6, 6.07) is 7.39. The molecule has 0 saturated heterocycles. The van der Waals surface area contributed by atoms with E-state index in [2.05, 4.69) is 27.2 Å². The number of aromatic nitrogens is 2. The first-order valence-corrected chi connectivity index (χ1v) is 6.86. The zero-order chi connectivity index (χ0) is 16.7. The molecule has 8 nitrogen and oxygen atoms in total. The van der Waals surface area contributed by atoms with Gasteiger partial charge in [0.2, 0.25) is 11.6 Å². The average Bonchev–Trinajstić information content (AvgIpc) is 2.58. The van der Waals surface area contributed by atoms with E-state index in [1.54, 1.807) is 13.2 Å². The van der Waals surface area contributed by atoms with E-state index in [4.69, 9.17) is 4.74 Å². The lowest BCUT2D eigenvalue weighted by Crippen LogP contribution is -2.10. The Morgan fingerprint density at radius 2 is 1.91 bits per heavy atom. The first-order chi connectivity index (χ1) is 11.2. The van der Waals surface area contributed by atoms with Crippen LogP contribution in [0.15, 0.2) is 43.2 Å². The smallest absolute Gasteiger partial charge is 0.353 e. The number of hydrogen-bond acceptors (Lipinski definition) is 7. The van der Waals surface area contributed by atoms with Crippen LogP contribution in [0.2, 0.25) is 0 Å². The van der Waals surface area contributed by atoms with E-state index in [0.29, 0.717) is 13.1 Å². The van der Waals surface area contributed by atoms with E-state index in [9.17, 15) is 10.1 Å². The number of benzene rings is 1. The molecule has 8 heteroatoms. The predicted molar refractivity (Wildman–Crippen MR) is 87.7 cm³/mol. The minimum absolute atomic E-state index is 0.155. The van der Waals surface area contributed by atoms with Gasteiger partial charge < -0.3 is 15.4 Å². The van der Waals surface area contributed by atoms with Crippen molar-refractivity contribution in [1.82, 2.24) is 9.97 Å². The number of ether oxygens (including phenoxy) is 1. The SMILES string of the molecule is C=CCNc1ncnc(NCc2ccc(OC)cc2)c1[N+](=O)[O-]. The van der Waals surface area contributed by atoms with Crippen LogP contribution in [0.25, 0.3) is 0 Å². The Labute approximate surface area is 133 Å². The third kappa shape index (κ3) is 4.16. The standard InChI is InChI=1S/C15H17N5O3/c1-3-8-16-14-13(20(21)22)15(19-10-18-14)17-9-11-4-6-12(23-2)7-5-11/h3-7,10H,1,8-9H2,2H3,(H2,16,17,18,19). The molecule has 0 bridgehead atoms. The molecular weight excluding hydrogens is 298 g/mol. The molecule has 120 valence electrons. The number of hydrogen-bond donors (Lipinski definition) is 2. The fourth-order valence-electron chi connectivity index (χ4n) is 1.91. The summed E-state index contributed by atoms with van der Waals surface area (Å²) in [5.74, 6) is 1.06. The molecule has 0 amide bonds. The van der Waals surface area contributed by atoms with Gasteiger partial charge in [-0.25, -0.2) is 9.97 Å². The van der Waals surface area contributed by atoms with Gasteiger partial charge in [0.15, 0.2) is 0 Å².